The van der Waals surface area contributed by atoms with Crippen molar-refractivity contribution in [1.29, 1.82) is 0 Å². The normalized spacial score (nSPS) is 10.6. The number of nitrogens with zero attached hydrogens (tertiary/aromatic N) is 4. The zero-order valence-corrected chi connectivity index (χ0v) is 12.1. The predicted octanol–water partition coefficient (Wildman–Crippen LogP) is 1.44. The maximum absolute atomic E-state index is 11.9. The Balaban J connectivity index is 1.56. The van der Waals surface area contributed by atoms with Gasteiger partial charge in [-0.05, 0) is 12.1 Å². The Morgan fingerprint density at radius 3 is 2.82 bits per heavy atom. The van der Waals surface area contributed by atoms with Crippen LogP contribution in [-0.2, 0) is 13.5 Å². The monoisotopic (exact) mass is 297 g/mol. The highest BCUT2D eigenvalue weighted by Gasteiger charge is 2.11. The molecule has 1 amide bonds. The first-order valence-corrected chi connectivity index (χ1v) is 6.87. The van der Waals surface area contributed by atoms with Crippen LogP contribution >= 0.6 is 0 Å². The van der Waals surface area contributed by atoms with Crippen LogP contribution in [-0.4, -0.2) is 32.2 Å². The summed E-state index contributed by atoms with van der Waals surface area (Å²) in [6.07, 6.45) is 3.77. The third kappa shape index (κ3) is 3.03. The molecule has 0 saturated heterocycles. The summed E-state index contributed by atoms with van der Waals surface area (Å²) >= 11 is 0. The summed E-state index contributed by atoms with van der Waals surface area (Å²) in [6.45, 7) is 0.405. The summed E-state index contributed by atoms with van der Waals surface area (Å²) in [5, 5.41) is 10.8. The summed E-state index contributed by atoms with van der Waals surface area (Å²) in [6, 6.07) is 9.55. The molecule has 0 aliphatic rings. The lowest BCUT2D eigenvalue weighted by molar-refractivity contribution is 0.0940. The standard InChI is InChI=1S/C15H15N5O2/c1-20-10-9-16-13(20)14(21)17-8-7-12-18-19-15(22-12)11-5-3-2-4-6-11/h2-6,9-10H,7-8H2,1H3,(H,17,21). The average Bonchev–Trinajstić information content (AvgIpc) is 3.17. The topological polar surface area (TPSA) is 85.8 Å². The lowest BCUT2D eigenvalue weighted by atomic mass is 10.2. The van der Waals surface area contributed by atoms with Crippen molar-refractivity contribution in [2.24, 2.45) is 7.05 Å². The fourth-order valence-corrected chi connectivity index (χ4v) is 2.00. The van der Waals surface area contributed by atoms with Gasteiger partial charge in [-0.15, -0.1) is 10.2 Å². The predicted molar refractivity (Wildman–Crippen MR) is 79.0 cm³/mol. The van der Waals surface area contributed by atoms with Gasteiger partial charge in [0.25, 0.3) is 5.91 Å². The third-order valence-corrected chi connectivity index (χ3v) is 3.14. The maximum Gasteiger partial charge on any atom is 0.287 e. The molecule has 0 fully saturated rings. The third-order valence-electron chi connectivity index (χ3n) is 3.14. The number of carbonyl (C=O) groups excluding carboxylic acids is 1. The fourth-order valence-electron chi connectivity index (χ4n) is 2.00. The highest BCUT2D eigenvalue weighted by molar-refractivity contribution is 5.90. The van der Waals surface area contributed by atoms with Crippen molar-refractivity contribution in [2.45, 2.75) is 6.42 Å². The molecule has 112 valence electrons. The molecule has 7 nitrogen and oxygen atoms in total. The molecule has 2 heterocycles. The van der Waals surface area contributed by atoms with E-state index < -0.39 is 0 Å². The van der Waals surface area contributed by atoms with Gasteiger partial charge in [-0.1, -0.05) is 18.2 Å². The SMILES string of the molecule is Cn1ccnc1C(=O)NCCc1nnc(-c2ccccc2)o1. The van der Waals surface area contributed by atoms with Gasteiger partial charge in [0.1, 0.15) is 0 Å². The molecule has 0 atom stereocenters. The number of rotatable bonds is 5. The van der Waals surface area contributed by atoms with Crippen LogP contribution < -0.4 is 5.32 Å². The summed E-state index contributed by atoms with van der Waals surface area (Å²) in [5.41, 5.74) is 0.873. The van der Waals surface area contributed by atoms with Gasteiger partial charge >= 0.3 is 0 Å². The van der Waals surface area contributed by atoms with E-state index in [9.17, 15) is 4.79 Å². The second kappa shape index (κ2) is 6.21. The molecule has 22 heavy (non-hydrogen) atoms. The van der Waals surface area contributed by atoms with Gasteiger partial charge in [-0.2, -0.15) is 0 Å². The van der Waals surface area contributed by atoms with Gasteiger partial charge in [-0.3, -0.25) is 4.79 Å². The summed E-state index contributed by atoms with van der Waals surface area (Å²) in [4.78, 5) is 15.9. The zero-order chi connectivity index (χ0) is 15.4. The minimum Gasteiger partial charge on any atom is -0.421 e. The second-order valence-electron chi connectivity index (χ2n) is 4.73. The molecule has 7 heteroatoms. The molecule has 1 N–H and O–H groups in total. The quantitative estimate of drug-likeness (QED) is 0.770. The molecule has 0 spiro atoms. The molecule has 0 aliphatic carbocycles. The van der Waals surface area contributed by atoms with Crippen molar-refractivity contribution in [2.75, 3.05) is 6.54 Å². The van der Waals surface area contributed by atoms with E-state index in [1.54, 1.807) is 24.0 Å². The summed E-state index contributed by atoms with van der Waals surface area (Å²) in [7, 11) is 1.77. The van der Waals surface area contributed by atoms with E-state index in [2.05, 4.69) is 20.5 Å². The molecule has 0 aliphatic heterocycles. The molecular formula is C15H15N5O2. The lowest BCUT2D eigenvalue weighted by Gasteiger charge is -2.02. The number of hydrogen-bond donors (Lipinski definition) is 1. The van der Waals surface area contributed by atoms with Crippen LogP contribution in [0.5, 0.6) is 0 Å². The number of aromatic nitrogens is 4. The molecule has 2 aromatic heterocycles. The van der Waals surface area contributed by atoms with Crippen molar-refractivity contribution in [3.63, 3.8) is 0 Å². The first-order valence-electron chi connectivity index (χ1n) is 6.87. The van der Waals surface area contributed by atoms with E-state index in [1.807, 2.05) is 30.3 Å². The van der Waals surface area contributed by atoms with Crippen LogP contribution in [0.25, 0.3) is 11.5 Å². The van der Waals surface area contributed by atoms with Gasteiger partial charge in [0.05, 0.1) is 0 Å². The van der Waals surface area contributed by atoms with E-state index >= 15 is 0 Å². The van der Waals surface area contributed by atoms with Crippen LogP contribution in [0.1, 0.15) is 16.5 Å². The van der Waals surface area contributed by atoms with E-state index in [-0.39, 0.29) is 5.91 Å². The fraction of sp³-hybridized carbons (Fsp3) is 0.200. The number of nitrogens with one attached hydrogen (secondary N) is 1. The van der Waals surface area contributed by atoms with E-state index in [0.717, 1.165) is 5.56 Å². The molecule has 0 radical (unpaired) electrons. The minimum atomic E-state index is -0.227. The maximum atomic E-state index is 11.9. The van der Waals surface area contributed by atoms with Gasteiger partial charge < -0.3 is 14.3 Å². The molecule has 0 saturated carbocycles. The van der Waals surface area contributed by atoms with E-state index in [1.165, 1.54) is 0 Å². The average molecular weight is 297 g/mol. The molecule has 1 aromatic carbocycles. The zero-order valence-electron chi connectivity index (χ0n) is 12.1. The summed E-state index contributed by atoms with van der Waals surface area (Å²) in [5.74, 6) is 1.11. The second-order valence-corrected chi connectivity index (χ2v) is 4.73. The first-order chi connectivity index (χ1) is 10.7. The Morgan fingerprint density at radius 2 is 2.09 bits per heavy atom. The van der Waals surface area contributed by atoms with Crippen molar-refractivity contribution in [3.05, 3.63) is 54.4 Å². The lowest BCUT2D eigenvalue weighted by Crippen LogP contribution is -2.28. The van der Waals surface area contributed by atoms with Crippen molar-refractivity contribution in [3.8, 4) is 11.5 Å². The first kappa shape index (κ1) is 14.0. The van der Waals surface area contributed by atoms with E-state index in [4.69, 9.17) is 4.42 Å². The Kier molecular flexibility index (Phi) is 3.95. The van der Waals surface area contributed by atoms with Crippen LogP contribution in [0.4, 0.5) is 0 Å². The van der Waals surface area contributed by atoms with E-state index in [0.29, 0.717) is 30.6 Å². The highest BCUT2D eigenvalue weighted by Crippen LogP contribution is 2.16. The Labute approximate surface area is 127 Å². The number of aryl methyl sites for hydroxylation is 1. The van der Waals surface area contributed by atoms with Crippen LogP contribution in [0.2, 0.25) is 0 Å². The minimum absolute atomic E-state index is 0.227. The number of amides is 1. The van der Waals surface area contributed by atoms with Gasteiger partial charge in [0.15, 0.2) is 5.82 Å². The number of hydrogen-bond acceptors (Lipinski definition) is 5. The Bertz CT molecular complexity index is 763. The largest absolute Gasteiger partial charge is 0.421 e. The number of imidazole rings is 1. The van der Waals surface area contributed by atoms with Crippen LogP contribution in [0.3, 0.4) is 0 Å². The molecule has 0 bridgehead atoms. The number of carbonyl (C=O) groups is 1. The van der Waals surface area contributed by atoms with Gasteiger partial charge in [0, 0.05) is 38.0 Å². The number of benzene rings is 1. The van der Waals surface area contributed by atoms with Crippen LogP contribution in [0, 0.1) is 0 Å². The smallest absolute Gasteiger partial charge is 0.287 e. The van der Waals surface area contributed by atoms with Crippen molar-refractivity contribution in [1.82, 2.24) is 25.1 Å². The Morgan fingerprint density at radius 1 is 1.27 bits per heavy atom. The van der Waals surface area contributed by atoms with Gasteiger partial charge in [-0.25, -0.2) is 4.98 Å². The molecule has 3 aromatic rings. The van der Waals surface area contributed by atoms with Gasteiger partial charge in [0.2, 0.25) is 11.8 Å². The van der Waals surface area contributed by atoms with Crippen molar-refractivity contribution >= 4 is 5.91 Å². The molecular weight excluding hydrogens is 282 g/mol. The van der Waals surface area contributed by atoms with Crippen LogP contribution in [0.15, 0.2) is 47.1 Å². The molecule has 3 rings (SSSR count). The Hall–Kier alpha value is -2.96. The summed E-state index contributed by atoms with van der Waals surface area (Å²) < 4.78 is 7.23. The highest BCUT2D eigenvalue weighted by atomic mass is 16.4. The molecule has 0 unspecified atom stereocenters. The van der Waals surface area contributed by atoms with Crippen molar-refractivity contribution < 1.29 is 9.21 Å².